The van der Waals surface area contributed by atoms with Gasteiger partial charge in [0.25, 0.3) is 5.69 Å². The Hall–Kier alpha value is -2.44. The molecule has 0 bridgehead atoms. The molecule has 1 aromatic rings. The maximum Gasteiger partial charge on any atom is 0.325 e. The smallest absolute Gasteiger partial charge is 0.307 e. The van der Waals surface area contributed by atoms with Crippen LogP contribution < -0.4 is 10.6 Å². The molecule has 0 aliphatic carbocycles. The molecule has 0 radical (unpaired) electrons. The van der Waals surface area contributed by atoms with Crippen LogP contribution in [0.5, 0.6) is 0 Å². The Bertz CT molecular complexity index is 679. The number of carbonyl (C=O) groups is 2. The summed E-state index contributed by atoms with van der Waals surface area (Å²) in [5.74, 6) is -0.331. The van der Waals surface area contributed by atoms with Gasteiger partial charge >= 0.3 is 6.03 Å². The number of unbranched alkanes of at least 4 members (excludes halogenated alkanes) is 14. The Morgan fingerprint density at radius 2 is 1.31 bits per heavy atom. The number of nitrogens with one attached hydrogen (secondary N) is 2. The van der Waals surface area contributed by atoms with Crippen LogP contribution >= 0.6 is 0 Å². The zero-order chi connectivity index (χ0) is 23.4. The van der Waals surface area contributed by atoms with Gasteiger partial charge in [-0.15, -0.1) is 0 Å². The van der Waals surface area contributed by atoms with Crippen LogP contribution in [0.25, 0.3) is 0 Å². The molecule has 0 saturated heterocycles. The van der Waals surface area contributed by atoms with Crippen LogP contribution in [0.2, 0.25) is 0 Å². The maximum atomic E-state index is 11.9. The van der Waals surface area contributed by atoms with Crippen molar-refractivity contribution in [2.75, 3.05) is 5.32 Å². The summed E-state index contributed by atoms with van der Waals surface area (Å²) in [6, 6.07) is 4.93. The van der Waals surface area contributed by atoms with Gasteiger partial charge in [0, 0.05) is 24.2 Å². The lowest BCUT2D eigenvalue weighted by atomic mass is 10.0. The summed E-state index contributed by atoms with van der Waals surface area (Å²) in [4.78, 5) is 33.9. The SMILES string of the molecule is CCCCCCCCCCCCCCCCCC(=O)NC(=O)Nc1cccc([N+](=O)[O-])c1. The van der Waals surface area contributed by atoms with Crippen molar-refractivity contribution in [3.63, 3.8) is 0 Å². The van der Waals surface area contributed by atoms with Gasteiger partial charge in [0.2, 0.25) is 5.91 Å². The number of urea groups is 1. The fourth-order valence-corrected chi connectivity index (χ4v) is 3.71. The van der Waals surface area contributed by atoms with Gasteiger partial charge < -0.3 is 5.32 Å². The summed E-state index contributed by atoms with van der Waals surface area (Å²) in [5, 5.41) is 15.5. The molecule has 0 heterocycles. The number of amides is 3. The van der Waals surface area contributed by atoms with Crippen molar-refractivity contribution in [3.05, 3.63) is 34.4 Å². The highest BCUT2D eigenvalue weighted by Crippen LogP contribution is 2.17. The molecule has 3 amide bonds. The first-order valence-electron chi connectivity index (χ1n) is 12.4. The zero-order valence-corrected chi connectivity index (χ0v) is 19.7. The van der Waals surface area contributed by atoms with E-state index in [1.54, 1.807) is 0 Å². The molecule has 2 N–H and O–H groups in total. The number of imide groups is 1. The Kier molecular flexibility index (Phi) is 15.7. The van der Waals surface area contributed by atoms with Crippen molar-refractivity contribution in [1.82, 2.24) is 5.32 Å². The third kappa shape index (κ3) is 14.5. The number of carbonyl (C=O) groups excluding carboxylic acids is 2. The Labute approximate surface area is 192 Å². The van der Waals surface area contributed by atoms with Crippen molar-refractivity contribution in [1.29, 1.82) is 0 Å². The quantitative estimate of drug-likeness (QED) is 0.138. The largest absolute Gasteiger partial charge is 0.325 e. The summed E-state index contributed by atoms with van der Waals surface area (Å²) >= 11 is 0. The zero-order valence-electron chi connectivity index (χ0n) is 19.7. The van der Waals surface area contributed by atoms with Crippen LogP contribution in [-0.4, -0.2) is 16.9 Å². The molecule has 0 atom stereocenters. The highest BCUT2D eigenvalue weighted by molar-refractivity contribution is 6.01. The van der Waals surface area contributed by atoms with Crippen molar-refractivity contribution in [2.24, 2.45) is 0 Å². The number of nitro benzene ring substituents is 1. The van der Waals surface area contributed by atoms with Crippen LogP contribution in [0.15, 0.2) is 24.3 Å². The molecule has 1 rings (SSSR count). The predicted octanol–water partition coefficient (Wildman–Crippen LogP) is 7.50. The van der Waals surface area contributed by atoms with E-state index >= 15 is 0 Å². The average Bonchev–Trinajstić information content (AvgIpc) is 2.76. The summed E-state index contributed by atoms with van der Waals surface area (Å²) in [5.41, 5.74) is 0.156. The van der Waals surface area contributed by atoms with Crippen LogP contribution in [0, 0.1) is 10.1 Å². The van der Waals surface area contributed by atoms with Crippen LogP contribution in [0.3, 0.4) is 0 Å². The van der Waals surface area contributed by atoms with Gasteiger partial charge in [-0.05, 0) is 12.5 Å². The van der Waals surface area contributed by atoms with Crippen molar-refractivity contribution in [2.45, 2.75) is 110 Å². The number of hydrogen-bond acceptors (Lipinski definition) is 4. The van der Waals surface area contributed by atoms with E-state index in [9.17, 15) is 19.7 Å². The molecular formula is C25H41N3O4. The normalized spacial score (nSPS) is 10.7. The third-order valence-corrected chi connectivity index (χ3v) is 5.58. The highest BCUT2D eigenvalue weighted by Gasteiger charge is 2.10. The lowest BCUT2D eigenvalue weighted by Gasteiger charge is -2.07. The van der Waals surface area contributed by atoms with Gasteiger partial charge in [-0.2, -0.15) is 0 Å². The molecule has 1 aromatic carbocycles. The lowest BCUT2D eigenvalue weighted by molar-refractivity contribution is -0.384. The van der Waals surface area contributed by atoms with Crippen molar-refractivity contribution in [3.8, 4) is 0 Å². The number of hydrogen-bond donors (Lipinski definition) is 2. The number of nitrogens with zero attached hydrogens (tertiary/aromatic N) is 1. The second-order valence-electron chi connectivity index (χ2n) is 8.51. The number of rotatable bonds is 18. The Morgan fingerprint density at radius 3 is 1.81 bits per heavy atom. The maximum absolute atomic E-state index is 11.9. The topological polar surface area (TPSA) is 101 Å². The van der Waals surface area contributed by atoms with E-state index in [1.165, 1.54) is 101 Å². The highest BCUT2D eigenvalue weighted by atomic mass is 16.6. The second kappa shape index (κ2) is 18.2. The first-order valence-corrected chi connectivity index (χ1v) is 12.4. The minimum absolute atomic E-state index is 0.119. The van der Waals surface area contributed by atoms with Gasteiger partial charge in [-0.3, -0.25) is 20.2 Å². The standard InChI is InChI=1S/C25H41N3O4/c1-2-3-4-5-6-7-8-9-10-11-12-13-14-15-16-20-24(29)27-25(30)26-22-18-17-19-23(21-22)28(31)32/h17-19,21H,2-16,20H2,1H3,(H2,26,27,29,30). The minimum atomic E-state index is -0.670. The number of nitro groups is 1. The molecule has 0 saturated carbocycles. The molecule has 0 aromatic heterocycles. The monoisotopic (exact) mass is 447 g/mol. The van der Waals surface area contributed by atoms with E-state index in [0.29, 0.717) is 6.42 Å². The molecule has 0 aliphatic rings. The van der Waals surface area contributed by atoms with E-state index in [0.717, 1.165) is 19.3 Å². The number of benzene rings is 1. The van der Waals surface area contributed by atoms with Gasteiger partial charge in [0.15, 0.2) is 0 Å². The van der Waals surface area contributed by atoms with E-state index in [4.69, 9.17) is 0 Å². The van der Waals surface area contributed by atoms with E-state index in [2.05, 4.69) is 17.6 Å². The van der Waals surface area contributed by atoms with E-state index in [1.807, 2.05) is 0 Å². The van der Waals surface area contributed by atoms with Gasteiger partial charge in [0.05, 0.1) is 4.92 Å². The average molecular weight is 448 g/mol. The van der Waals surface area contributed by atoms with Gasteiger partial charge in [-0.1, -0.05) is 103 Å². The van der Waals surface area contributed by atoms with Gasteiger partial charge in [0.1, 0.15) is 0 Å². The molecule has 0 unspecified atom stereocenters. The van der Waals surface area contributed by atoms with E-state index < -0.39 is 11.0 Å². The number of anilines is 1. The van der Waals surface area contributed by atoms with E-state index in [-0.39, 0.29) is 17.3 Å². The number of non-ortho nitro benzene ring substituents is 1. The Balaban J connectivity index is 1.94. The summed E-state index contributed by atoms with van der Waals surface area (Å²) in [7, 11) is 0. The second-order valence-corrected chi connectivity index (χ2v) is 8.51. The van der Waals surface area contributed by atoms with Crippen LogP contribution in [-0.2, 0) is 4.79 Å². The summed E-state index contributed by atoms with van der Waals surface area (Å²) < 4.78 is 0. The molecular weight excluding hydrogens is 406 g/mol. The molecule has 180 valence electrons. The Morgan fingerprint density at radius 1 is 0.812 bits per heavy atom. The fourth-order valence-electron chi connectivity index (χ4n) is 3.71. The van der Waals surface area contributed by atoms with Crippen molar-refractivity contribution < 1.29 is 14.5 Å². The minimum Gasteiger partial charge on any atom is -0.307 e. The third-order valence-electron chi connectivity index (χ3n) is 5.58. The molecule has 0 spiro atoms. The van der Waals surface area contributed by atoms with Crippen LogP contribution in [0.4, 0.5) is 16.2 Å². The summed E-state index contributed by atoms with van der Waals surface area (Å²) in [6.07, 6.45) is 19.2. The van der Waals surface area contributed by atoms with Gasteiger partial charge in [-0.25, -0.2) is 4.79 Å². The molecule has 7 heteroatoms. The molecule has 0 fully saturated rings. The predicted molar refractivity (Wildman–Crippen MR) is 130 cm³/mol. The molecule has 7 nitrogen and oxygen atoms in total. The van der Waals surface area contributed by atoms with Crippen LogP contribution in [0.1, 0.15) is 110 Å². The molecule has 32 heavy (non-hydrogen) atoms. The lowest BCUT2D eigenvalue weighted by Crippen LogP contribution is -2.34. The fraction of sp³-hybridized carbons (Fsp3) is 0.680. The summed E-state index contributed by atoms with van der Waals surface area (Å²) in [6.45, 7) is 2.25. The molecule has 0 aliphatic heterocycles. The first-order chi connectivity index (χ1) is 15.5. The van der Waals surface area contributed by atoms with Crippen molar-refractivity contribution >= 4 is 23.3 Å². The first kappa shape index (κ1) is 27.6.